The molecular formula is C12H11ClN2O4. The van der Waals surface area contributed by atoms with Crippen molar-refractivity contribution in [3.8, 4) is 0 Å². The minimum Gasteiger partial charge on any atom is -0.478 e. The number of hydrogen-bond donors (Lipinski definition) is 3. The van der Waals surface area contributed by atoms with Crippen molar-refractivity contribution in [2.24, 2.45) is 0 Å². The molecule has 1 aliphatic rings. The average Bonchev–Trinajstić information content (AvgIpc) is 2.78. The molecule has 1 aliphatic heterocycles. The fourth-order valence-electron chi connectivity index (χ4n) is 1.83. The van der Waals surface area contributed by atoms with Crippen LogP contribution in [-0.4, -0.2) is 28.9 Å². The van der Waals surface area contributed by atoms with Crippen LogP contribution in [0.25, 0.3) is 0 Å². The van der Waals surface area contributed by atoms with Gasteiger partial charge in [-0.2, -0.15) is 0 Å². The van der Waals surface area contributed by atoms with Crippen LogP contribution in [0.1, 0.15) is 23.2 Å². The summed E-state index contributed by atoms with van der Waals surface area (Å²) in [5.41, 5.74) is 0.0632. The Morgan fingerprint density at radius 2 is 2.16 bits per heavy atom. The highest BCUT2D eigenvalue weighted by Gasteiger charge is 2.27. The van der Waals surface area contributed by atoms with Crippen LogP contribution in [0, 0.1) is 0 Å². The summed E-state index contributed by atoms with van der Waals surface area (Å²) in [6, 6.07) is 3.54. The maximum atomic E-state index is 11.9. The van der Waals surface area contributed by atoms with Crippen LogP contribution in [0.15, 0.2) is 18.2 Å². The largest absolute Gasteiger partial charge is 0.478 e. The lowest BCUT2D eigenvalue weighted by Gasteiger charge is -2.12. The lowest BCUT2D eigenvalue weighted by atomic mass is 10.1. The molecule has 0 saturated carbocycles. The van der Waals surface area contributed by atoms with Crippen LogP contribution < -0.4 is 10.6 Å². The summed E-state index contributed by atoms with van der Waals surface area (Å²) >= 11 is 5.71. The minimum atomic E-state index is -1.19. The van der Waals surface area contributed by atoms with Crippen LogP contribution in [-0.2, 0) is 9.59 Å². The van der Waals surface area contributed by atoms with E-state index in [1.165, 1.54) is 18.2 Å². The lowest BCUT2D eigenvalue weighted by molar-refractivity contribution is -0.122. The SMILES string of the molecule is O=C1CC[C@@H](C(=O)Nc2ccc(Cl)cc2C(=O)O)N1. The van der Waals surface area contributed by atoms with Crippen molar-refractivity contribution in [3.63, 3.8) is 0 Å². The minimum absolute atomic E-state index is 0.0924. The topological polar surface area (TPSA) is 95.5 Å². The third-order valence-electron chi connectivity index (χ3n) is 2.78. The second kappa shape index (κ2) is 5.27. The van der Waals surface area contributed by atoms with Gasteiger partial charge in [0.25, 0.3) is 0 Å². The summed E-state index contributed by atoms with van der Waals surface area (Å²) in [5, 5.41) is 14.3. The zero-order chi connectivity index (χ0) is 14.0. The van der Waals surface area contributed by atoms with E-state index in [2.05, 4.69) is 10.6 Å². The molecule has 1 heterocycles. The molecular weight excluding hydrogens is 272 g/mol. The first-order valence-electron chi connectivity index (χ1n) is 5.60. The second-order valence-electron chi connectivity index (χ2n) is 4.14. The van der Waals surface area contributed by atoms with Gasteiger partial charge < -0.3 is 15.7 Å². The summed E-state index contributed by atoms with van der Waals surface area (Å²) in [5.74, 6) is -1.81. The standard InChI is InChI=1S/C12H11ClN2O4/c13-6-1-2-8(7(5-6)12(18)19)15-11(17)9-3-4-10(16)14-9/h1-2,5,9H,3-4H2,(H,14,16)(H,15,17)(H,18,19)/t9-/m0/s1. The number of nitrogens with one attached hydrogen (secondary N) is 2. The normalized spacial score (nSPS) is 17.9. The molecule has 0 aliphatic carbocycles. The average molecular weight is 283 g/mol. The Morgan fingerprint density at radius 3 is 2.74 bits per heavy atom. The van der Waals surface area contributed by atoms with Gasteiger partial charge in [-0.25, -0.2) is 4.79 Å². The maximum Gasteiger partial charge on any atom is 0.337 e. The van der Waals surface area contributed by atoms with Crippen molar-refractivity contribution < 1.29 is 19.5 Å². The van der Waals surface area contributed by atoms with Gasteiger partial charge in [0.1, 0.15) is 6.04 Å². The van der Waals surface area contributed by atoms with Gasteiger partial charge in [-0.3, -0.25) is 9.59 Å². The smallest absolute Gasteiger partial charge is 0.337 e. The Labute approximate surface area is 113 Å². The van der Waals surface area contributed by atoms with Crippen molar-refractivity contribution in [2.75, 3.05) is 5.32 Å². The van der Waals surface area contributed by atoms with E-state index in [1.807, 2.05) is 0 Å². The van der Waals surface area contributed by atoms with Crippen molar-refractivity contribution in [2.45, 2.75) is 18.9 Å². The molecule has 0 spiro atoms. The molecule has 0 bridgehead atoms. The van der Waals surface area contributed by atoms with E-state index in [1.54, 1.807) is 0 Å². The first-order chi connectivity index (χ1) is 8.97. The lowest BCUT2D eigenvalue weighted by Crippen LogP contribution is -2.37. The number of carboxylic acid groups (broad SMARTS) is 1. The van der Waals surface area contributed by atoms with Crippen LogP contribution in [0.2, 0.25) is 5.02 Å². The van der Waals surface area contributed by atoms with Gasteiger partial charge in [-0.15, -0.1) is 0 Å². The monoisotopic (exact) mass is 282 g/mol. The van der Waals surface area contributed by atoms with Crippen LogP contribution >= 0.6 is 11.6 Å². The highest BCUT2D eigenvalue weighted by Crippen LogP contribution is 2.21. The van der Waals surface area contributed by atoms with Gasteiger partial charge in [-0.05, 0) is 24.6 Å². The predicted octanol–water partition coefficient (Wildman–Crippen LogP) is 1.26. The molecule has 7 heteroatoms. The van der Waals surface area contributed by atoms with Gasteiger partial charge in [0.15, 0.2) is 0 Å². The Hall–Kier alpha value is -2.08. The molecule has 19 heavy (non-hydrogen) atoms. The third-order valence-corrected chi connectivity index (χ3v) is 3.02. The number of aromatic carboxylic acids is 1. The van der Waals surface area contributed by atoms with Crippen molar-refractivity contribution >= 4 is 35.1 Å². The molecule has 2 rings (SSSR count). The van der Waals surface area contributed by atoms with Gasteiger partial charge in [-0.1, -0.05) is 11.6 Å². The number of benzene rings is 1. The van der Waals surface area contributed by atoms with Crippen molar-refractivity contribution in [3.05, 3.63) is 28.8 Å². The first-order valence-corrected chi connectivity index (χ1v) is 5.98. The number of halogens is 1. The third kappa shape index (κ3) is 3.03. The van der Waals surface area contributed by atoms with E-state index < -0.39 is 17.9 Å². The zero-order valence-electron chi connectivity index (χ0n) is 9.77. The Bertz CT molecular complexity index is 559. The van der Waals surface area contributed by atoms with Crippen LogP contribution in [0.5, 0.6) is 0 Å². The summed E-state index contributed by atoms with van der Waals surface area (Å²) in [6.45, 7) is 0. The first kappa shape index (κ1) is 13.4. The van der Waals surface area contributed by atoms with E-state index in [9.17, 15) is 14.4 Å². The predicted molar refractivity (Wildman–Crippen MR) is 68.2 cm³/mol. The number of hydrogen-bond acceptors (Lipinski definition) is 3. The van der Waals surface area contributed by atoms with Crippen molar-refractivity contribution in [1.82, 2.24) is 5.32 Å². The summed E-state index contributed by atoms with van der Waals surface area (Å²) in [6.07, 6.45) is 0.700. The fraction of sp³-hybridized carbons (Fsp3) is 0.250. The number of carbonyl (C=O) groups is 3. The Morgan fingerprint density at radius 1 is 1.42 bits per heavy atom. The molecule has 0 unspecified atom stereocenters. The molecule has 1 saturated heterocycles. The van der Waals surface area contributed by atoms with E-state index in [4.69, 9.17) is 16.7 Å². The van der Waals surface area contributed by atoms with Crippen LogP contribution in [0.4, 0.5) is 5.69 Å². The second-order valence-corrected chi connectivity index (χ2v) is 4.58. The Balaban J connectivity index is 2.17. The van der Waals surface area contributed by atoms with Gasteiger partial charge in [0.05, 0.1) is 11.3 Å². The molecule has 6 nitrogen and oxygen atoms in total. The molecule has 2 amide bonds. The van der Waals surface area contributed by atoms with Gasteiger partial charge in [0.2, 0.25) is 11.8 Å². The van der Waals surface area contributed by atoms with E-state index >= 15 is 0 Å². The maximum absolute atomic E-state index is 11.9. The molecule has 1 atom stereocenters. The number of anilines is 1. The summed E-state index contributed by atoms with van der Waals surface area (Å²) in [7, 11) is 0. The molecule has 1 aromatic carbocycles. The number of carboxylic acids is 1. The number of amides is 2. The number of rotatable bonds is 3. The van der Waals surface area contributed by atoms with Crippen molar-refractivity contribution in [1.29, 1.82) is 0 Å². The number of carbonyl (C=O) groups excluding carboxylic acids is 2. The molecule has 3 N–H and O–H groups in total. The Kier molecular flexibility index (Phi) is 3.71. The summed E-state index contributed by atoms with van der Waals surface area (Å²) < 4.78 is 0. The molecule has 100 valence electrons. The fourth-order valence-corrected chi connectivity index (χ4v) is 2.01. The van der Waals surface area contributed by atoms with Crippen LogP contribution in [0.3, 0.4) is 0 Å². The van der Waals surface area contributed by atoms with E-state index in [0.717, 1.165) is 0 Å². The molecule has 0 radical (unpaired) electrons. The van der Waals surface area contributed by atoms with E-state index in [0.29, 0.717) is 12.8 Å². The zero-order valence-corrected chi connectivity index (χ0v) is 10.5. The molecule has 1 aromatic rings. The van der Waals surface area contributed by atoms with Gasteiger partial charge in [0, 0.05) is 11.4 Å². The quantitative estimate of drug-likeness (QED) is 0.777. The molecule has 0 aromatic heterocycles. The highest BCUT2D eigenvalue weighted by atomic mass is 35.5. The summed E-state index contributed by atoms with van der Waals surface area (Å²) in [4.78, 5) is 33.9. The molecule has 1 fully saturated rings. The van der Waals surface area contributed by atoms with E-state index in [-0.39, 0.29) is 22.2 Å². The van der Waals surface area contributed by atoms with Gasteiger partial charge >= 0.3 is 5.97 Å². The highest BCUT2D eigenvalue weighted by molar-refractivity contribution is 6.31.